The van der Waals surface area contributed by atoms with Crippen molar-refractivity contribution in [2.75, 3.05) is 18.8 Å². The van der Waals surface area contributed by atoms with Crippen LogP contribution in [0.5, 0.6) is 5.75 Å². The average molecular weight is 539 g/mol. The minimum atomic E-state index is -0.737. The summed E-state index contributed by atoms with van der Waals surface area (Å²) in [5.74, 6) is -1.15. The van der Waals surface area contributed by atoms with Gasteiger partial charge in [0.1, 0.15) is 17.8 Å². The van der Waals surface area contributed by atoms with Crippen molar-refractivity contribution in [2.24, 2.45) is 5.92 Å². The molecule has 202 valence electrons. The van der Waals surface area contributed by atoms with Crippen LogP contribution < -0.4 is 16.0 Å². The third kappa shape index (κ3) is 6.48. The Morgan fingerprint density at radius 2 is 1.66 bits per heavy atom. The first-order valence-electron chi connectivity index (χ1n) is 13.0. The second kappa shape index (κ2) is 12.8. The monoisotopic (exact) mass is 538 g/mol. The van der Waals surface area contributed by atoms with Gasteiger partial charge in [-0.15, -0.1) is 0 Å². The molecule has 2 aliphatic heterocycles. The summed E-state index contributed by atoms with van der Waals surface area (Å²) in [6, 6.07) is 13.9. The SMILES string of the molecule is O=C(CS)NCCCCCNC(=O)[C@H]1C[C@H]2C(=O)N[C@@H](Cc3ccccc3)C(=O)N2[C@H]1c1ccc(O)cc1. The highest BCUT2D eigenvalue weighted by atomic mass is 32.1. The molecule has 0 saturated carbocycles. The molecule has 2 aromatic carbocycles. The Bertz CT molecular complexity index is 1140. The Labute approximate surface area is 227 Å². The number of hydrogen-bond acceptors (Lipinski definition) is 6. The summed E-state index contributed by atoms with van der Waals surface area (Å²) in [7, 11) is 0. The molecule has 0 radical (unpaired) electrons. The maximum Gasteiger partial charge on any atom is 0.246 e. The number of nitrogens with zero attached hydrogens (tertiary/aromatic N) is 1. The number of benzene rings is 2. The van der Waals surface area contributed by atoms with Crippen molar-refractivity contribution in [1.82, 2.24) is 20.9 Å². The molecule has 2 heterocycles. The molecule has 0 spiro atoms. The van der Waals surface area contributed by atoms with Gasteiger partial charge in [-0.05, 0) is 48.9 Å². The number of piperazine rings is 1. The third-order valence-corrected chi connectivity index (χ3v) is 7.43. The van der Waals surface area contributed by atoms with Crippen LogP contribution in [0.25, 0.3) is 0 Å². The normalized spacial score (nSPS) is 22.5. The number of carbonyl (C=O) groups excluding carboxylic acids is 4. The molecule has 4 rings (SSSR count). The Hall–Kier alpha value is -3.53. The number of amides is 4. The smallest absolute Gasteiger partial charge is 0.246 e. The number of carbonyl (C=O) groups is 4. The van der Waals surface area contributed by atoms with Crippen LogP contribution in [0.2, 0.25) is 0 Å². The van der Waals surface area contributed by atoms with Crippen molar-refractivity contribution < 1.29 is 24.3 Å². The van der Waals surface area contributed by atoms with Crippen LogP contribution in [0.4, 0.5) is 0 Å². The van der Waals surface area contributed by atoms with E-state index in [9.17, 15) is 24.3 Å². The fourth-order valence-electron chi connectivity index (χ4n) is 5.26. The number of rotatable bonds is 11. The molecule has 0 aromatic heterocycles. The van der Waals surface area contributed by atoms with E-state index in [1.165, 1.54) is 12.1 Å². The van der Waals surface area contributed by atoms with E-state index in [-0.39, 0.29) is 41.6 Å². The Morgan fingerprint density at radius 3 is 2.34 bits per heavy atom. The van der Waals surface area contributed by atoms with Crippen LogP contribution in [0.15, 0.2) is 54.6 Å². The lowest BCUT2D eigenvalue weighted by molar-refractivity contribution is -0.149. The second-order valence-corrected chi connectivity index (χ2v) is 10.1. The number of thiol groups is 1. The Morgan fingerprint density at radius 1 is 0.974 bits per heavy atom. The first kappa shape index (κ1) is 27.5. The Kier molecular flexibility index (Phi) is 9.28. The summed E-state index contributed by atoms with van der Waals surface area (Å²) >= 11 is 3.92. The number of nitrogens with one attached hydrogen (secondary N) is 3. The van der Waals surface area contributed by atoms with E-state index >= 15 is 0 Å². The summed E-state index contributed by atoms with van der Waals surface area (Å²) in [5, 5.41) is 18.4. The molecule has 4 atom stereocenters. The van der Waals surface area contributed by atoms with Crippen molar-refractivity contribution >= 4 is 36.3 Å². The molecular weight excluding hydrogens is 504 g/mol. The number of unbranched alkanes of at least 4 members (excludes halogenated alkanes) is 2. The lowest BCUT2D eigenvalue weighted by Gasteiger charge is -2.38. The van der Waals surface area contributed by atoms with E-state index in [1.807, 2.05) is 30.3 Å². The van der Waals surface area contributed by atoms with Crippen LogP contribution in [-0.2, 0) is 25.6 Å². The Balaban J connectivity index is 1.45. The van der Waals surface area contributed by atoms with E-state index in [1.54, 1.807) is 17.0 Å². The molecular formula is C28H34N4O5S. The van der Waals surface area contributed by atoms with Gasteiger partial charge in [0.15, 0.2) is 0 Å². The zero-order chi connectivity index (χ0) is 27.1. The van der Waals surface area contributed by atoms with Crippen LogP contribution in [0.3, 0.4) is 0 Å². The fourth-order valence-corrected chi connectivity index (χ4v) is 5.37. The minimum absolute atomic E-state index is 0.0829. The lowest BCUT2D eigenvalue weighted by atomic mass is 9.92. The lowest BCUT2D eigenvalue weighted by Crippen LogP contribution is -2.62. The average Bonchev–Trinajstić information content (AvgIpc) is 3.33. The van der Waals surface area contributed by atoms with Gasteiger partial charge in [-0.1, -0.05) is 42.5 Å². The van der Waals surface area contributed by atoms with Gasteiger partial charge in [0.05, 0.1) is 17.7 Å². The molecule has 0 bridgehead atoms. The van der Waals surface area contributed by atoms with Gasteiger partial charge in [-0.3, -0.25) is 19.2 Å². The molecule has 2 aliphatic rings. The molecule has 2 aromatic rings. The largest absolute Gasteiger partial charge is 0.508 e. The van der Waals surface area contributed by atoms with E-state index in [2.05, 4.69) is 28.6 Å². The standard InChI is InChI=1S/C28H34N4O5S/c33-20-11-9-19(10-12-20)25-21(26(35)30-14-6-2-5-13-29-24(34)17-38)16-23-27(36)31-22(28(37)32(23)25)15-18-7-3-1-4-8-18/h1,3-4,7-12,21-23,25,33,38H,2,5-6,13-17H2,(H,29,34)(H,30,35)(H,31,36)/t21-,22-,23-,25-/m0/s1. The number of phenolic OH excluding ortho intramolecular Hbond substituents is 1. The van der Waals surface area contributed by atoms with Crippen molar-refractivity contribution in [3.63, 3.8) is 0 Å². The van der Waals surface area contributed by atoms with Gasteiger partial charge in [-0.25, -0.2) is 0 Å². The molecule has 2 fully saturated rings. The summed E-state index contributed by atoms with van der Waals surface area (Å²) in [4.78, 5) is 53.0. The van der Waals surface area contributed by atoms with E-state index in [0.29, 0.717) is 25.1 Å². The van der Waals surface area contributed by atoms with E-state index < -0.39 is 24.0 Å². The maximum absolute atomic E-state index is 13.7. The molecule has 4 N–H and O–H groups in total. The molecule has 0 unspecified atom stereocenters. The van der Waals surface area contributed by atoms with Crippen LogP contribution in [0.1, 0.15) is 42.9 Å². The maximum atomic E-state index is 13.7. The van der Waals surface area contributed by atoms with Gasteiger partial charge in [0.25, 0.3) is 0 Å². The number of aromatic hydroxyl groups is 1. The van der Waals surface area contributed by atoms with Crippen LogP contribution in [0, 0.1) is 5.92 Å². The minimum Gasteiger partial charge on any atom is -0.508 e. The second-order valence-electron chi connectivity index (χ2n) is 9.75. The molecule has 10 heteroatoms. The molecule has 9 nitrogen and oxygen atoms in total. The quantitative estimate of drug-likeness (QED) is 0.220. The molecule has 2 saturated heterocycles. The molecule has 38 heavy (non-hydrogen) atoms. The highest BCUT2D eigenvalue weighted by Gasteiger charge is 2.54. The zero-order valence-electron chi connectivity index (χ0n) is 21.1. The van der Waals surface area contributed by atoms with Gasteiger partial charge < -0.3 is 26.0 Å². The van der Waals surface area contributed by atoms with Crippen molar-refractivity contribution in [3.05, 3.63) is 65.7 Å². The van der Waals surface area contributed by atoms with Crippen LogP contribution >= 0.6 is 12.6 Å². The van der Waals surface area contributed by atoms with E-state index in [4.69, 9.17) is 0 Å². The summed E-state index contributed by atoms with van der Waals surface area (Å²) in [6.45, 7) is 1.02. The topological polar surface area (TPSA) is 128 Å². The van der Waals surface area contributed by atoms with Crippen molar-refractivity contribution in [3.8, 4) is 5.75 Å². The van der Waals surface area contributed by atoms with Gasteiger partial charge in [-0.2, -0.15) is 12.6 Å². The number of phenols is 1. The highest BCUT2D eigenvalue weighted by molar-refractivity contribution is 7.81. The van der Waals surface area contributed by atoms with E-state index in [0.717, 1.165) is 24.8 Å². The van der Waals surface area contributed by atoms with Gasteiger partial charge in [0, 0.05) is 19.5 Å². The predicted molar refractivity (Wildman–Crippen MR) is 145 cm³/mol. The van der Waals surface area contributed by atoms with Gasteiger partial charge >= 0.3 is 0 Å². The summed E-state index contributed by atoms with van der Waals surface area (Å²) in [5.41, 5.74) is 1.64. The van der Waals surface area contributed by atoms with Crippen molar-refractivity contribution in [1.29, 1.82) is 0 Å². The summed E-state index contributed by atoms with van der Waals surface area (Å²) in [6.07, 6.45) is 2.95. The summed E-state index contributed by atoms with van der Waals surface area (Å²) < 4.78 is 0. The molecule has 4 amide bonds. The first-order chi connectivity index (χ1) is 18.4. The van der Waals surface area contributed by atoms with Crippen molar-refractivity contribution in [2.45, 2.75) is 50.2 Å². The first-order valence-corrected chi connectivity index (χ1v) is 13.6. The van der Waals surface area contributed by atoms with Crippen LogP contribution in [-0.4, -0.2) is 64.6 Å². The van der Waals surface area contributed by atoms with Gasteiger partial charge in [0.2, 0.25) is 23.6 Å². The third-order valence-electron chi connectivity index (χ3n) is 7.14. The predicted octanol–water partition coefficient (Wildman–Crippen LogP) is 1.72. The molecule has 0 aliphatic carbocycles. The fraction of sp³-hybridized carbons (Fsp3) is 0.429. The highest BCUT2D eigenvalue weighted by Crippen LogP contribution is 2.43. The number of fused-ring (bicyclic) bond motifs is 1. The number of hydrogen-bond donors (Lipinski definition) is 5. The zero-order valence-corrected chi connectivity index (χ0v) is 22.0.